The maximum atomic E-state index is 11.8. The highest BCUT2D eigenvalue weighted by atomic mass is 16.5. The van der Waals surface area contributed by atoms with Crippen molar-refractivity contribution in [2.24, 2.45) is 0 Å². The zero-order valence-corrected chi connectivity index (χ0v) is 12.2. The Morgan fingerprint density at radius 3 is 2.50 bits per heavy atom. The summed E-state index contributed by atoms with van der Waals surface area (Å²) in [5, 5.41) is 9.30. The van der Waals surface area contributed by atoms with Gasteiger partial charge in [0.1, 0.15) is 0 Å². The van der Waals surface area contributed by atoms with Gasteiger partial charge in [0.2, 0.25) is 0 Å². The van der Waals surface area contributed by atoms with Crippen LogP contribution in [0.15, 0.2) is 42.5 Å². The fraction of sp³-hybridized carbons (Fsp3) is 0.176. The quantitative estimate of drug-likeness (QED) is 0.654. The van der Waals surface area contributed by atoms with E-state index in [0.29, 0.717) is 12.1 Å². The lowest BCUT2D eigenvalue weighted by molar-refractivity contribution is 0.0514. The number of carbonyl (C=O) groups excluding carboxylic acids is 1. The fourth-order valence-electron chi connectivity index (χ4n) is 2.18. The van der Waals surface area contributed by atoms with Crippen LogP contribution >= 0.6 is 0 Å². The summed E-state index contributed by atoms with van der Waals surface area (Å²) in [6.07, 6.45) is 0.496. The molecule has 0 atom stereocenters. The predicted octanol–water partition coefficient (Wildman–Crippen LogP) is 2.73. The number of nitrogens with two attached hydrogens (primary N) is 1. The molecule has 0 aliphatic rings. The molecule has 0 heterocycles. The number of nitrogen functional groups attached to an aromatic ring is 1. The molecule has 0 bridgehead atoms. The average Bonchev–Trinajstić information content (AvgIpc) is 2.49. The number of anilines is 1. The van der Waals surface area contributed by atoms with Crippen molar-refractivity contribution in [3.05, 3.63) is 64.7 Å². The topological polar surface area (TPSA) is 89.6 Å². The van der Waals surface area contributed by atoms with Gasteiger partial charge >= 0.3 is 11.9 Å². The molecular formula is C17H17NO4. The molecule has 2 aromatic carbocycles. The maximum absolute atomic E-state index is 11.8. The summed E-state index contributed by atoms with van der Waals surface area (Å²) >= 11 is 0. The number of carboxylic acids is 1. The number of esters is 1. The van der Waals surface area contributed by atoms with Crippen LogP contribution in [-0.2, 0) is 11.2 Å². The number of rotatable bonds is 5. The largest absolute Gasteiger partial charge is 0.478 e. The van der Waals surface area contributed by atoms with Crippen molar-refractivity contribution in [2.75, 3.05) is 12.3 Å². The SMILES string of the molecule is CCOC(=O)c1ccc(Cc2ccccc2N)cc1C(=O)O. The Bertz CT molecular complexity index is 710. The molecule has 0 aromatic heterocycles. The standard InChI is InChI=1S/C17H17NO4/c1-2-22-17(21)13-8-7-11(10-14(13)16(19)20)9-12-5-3-4-6-15(12)18/h3-8,10H,2,9,18H2,1H3,(H,19,20). The number of para-hydroxylation sites is 1. The molecule has 2 rings (SSSR count). The summed E-state index contributed by atoms with van der Waals surface area (Å²) in [5.74, 6) is -1.79. The smallest absolute Gasteiger partial charge is 0.338 e. The lowest BCUT2D eigenvalue weighted by Gasteiger charge is -2.09. The molecule has 0 radical (unpaired) electrons. The van der Waals surface area contributed by atoms with Gasteiger partial charge in [0.25, 0.3) is 0 Å². The van der Waals surface area contributed by atoms with Gasteiger partial charge in [-0.3, -0.25) is 0 Å². The van der Waals surface area contributed by atoms with Gasteiger partial charge in [-0.05, 0) is 42.7 Å². The molecule has 0 fully saturated rings. The van der Waals surface area contributed by atoms with Crippen LogP contribution in [0.3, 0.4) is 0 Å². The van der Waals surface area contributed by atoms with Gasteiger partial charge in [-0.2, -0.15) is 0 Å². The lowest BCUT2D eigenvalue weighted by Crippen LogP contribution is -2.12. The first kappa shape index (κ1) is 15.6. The van der Waals surface area contributed by atoms with Crippen molar-refractivity contribution in [2.45, 2.75) is 13.3 Å². The highest BCUT2D eigenvalue weighted by Gasteiger charge is 2.18. The van der Waals surface area contributed by atoms with Crippen LogP contribution in [0.2, 0.25) is 0 Å². The fourth-order valence-corrected chi connectivity index (χ4v) is 2.18. The monoisotopic (exact) mass is 299 g/mol. The van der Waals surface area contributed by atoms with Crippen LogP contribution in [0.25, 0.3) is 0 Å². The number of carbonyl (C=O) groups is 2. The van der Waals surface area contributed by atoms with Crippen molar-refractivity contribution in [1.82, 2.24) is 0 Å². The van der Waals surface area contributed by atoms with E-state index in [0.717, 1.165) is 11.1 Å². The molecule has 114 valence electrons. The van der Waals surface area contributed by atoms with Crippen molar-refractivity contribution in [1.29, 1.82) is 0 Å². The molecule has 2 aromatic rings. The minimum absolute atomic E-state index is 0.0548. The first-order chi connectivity index (χ1) is 10.5. The van der Waals surface area contributed by atoms with E-state index in [4.69, 9.17) is 10.5 Å². The third-order valence-electron chi connectivity index (χ3n) is 3.26. The summed E-state index contributed by atoms with van der Waals surface area (Å²) in [6, 6.07) is 12.1. The second-order valence-corrected chi connectivity index (χ2v) is 4.78. The first-order valence-electron chi connectivity index (χ1n) is 6.89. The Hall–Kier alpha value is -2.82. The van der Waals surface area contributed by atoms with Gasteiger partial charge in [-0.1, -0.05) is 24.3 Å². The van der Waals surface area contributed by atoms with E-state index in [1.807, 2.05) is 18.2 Å². The molecule has 0 aliphatic heterocycles. The molecule has 0 amide bonds. The van der Waals surface area contributed by atoms with Crippen molar-refractivity contribution in [3.8, 4) is 0 Å². The number of hydrogen-bond donors (Lipinski definition) is 2. The van der Waals surface area contributed by atoms with Gasteiger partial charge in [0.15, 0.2) is 0 Å². The highest BCUT2D eigenvalue weighted by Crippen LogP contribution is 2.19. The third-order valence-corrected chi connectivity index (χ3v) is 3.26. The Labute approximate surface area is 128 Å². The zero-order valence-electron chi connectivity index (χ0n) is 12.2. The molecule has 0 unspecified atom stereocenters. The summed E-state index contributed by atoms with van der Waals surface area (Å²) in [5.41, 5.74) is 8.20. The molecule has 0 aliphatic carbocycles. The molecular weight excluding hydrogens is 282 g/mol. The lowest BCUT2D eigenvalue weighted by atomic mass is 9.98. The molecule has 0 saturated heterocycles. The molecule has 3 N–H and O–H groups in total. The van der Waals surface area contributed by atoms with Crippen LogP contribution in [0.5, 0.6) is 0 Å². The molecule has 0 spiro atoms. The Kier molecular flexibility index (Phi) is 4.78. The zero-order chi connectivity index (χ0) is 16.1. The van der Waals surface area contributed by atoms with Gasteiger partial charge < -0.3 is 15.6 Å². The van der Waals surface area contributed by atoms with Gasteiger partial charge in [-0.25, -0.2) is 9.59 Å². The Morgan fingerprint density at radius 2 is 1.86 bits per heavy atom. The van der Waals surface area contributed by atoms with E-state index in [1.165, 1.54) is 12.1 Å². The summed E-state index contributed by atoms with van der Waals surface area (Å²) in [6.45, 7) is 1.87. The van der Waals surface area contributed by atoms with Crippen LogP contribution < -0.4 is 5.73 Å². The van der Waals surface area contributed by atoms with Crippen molar-refractivity contribution >= 4 is 17.6 Å². The van der Waals surface area contributed by atoms with E-state index in [9.17, 15) is 14.7 Å². The van der Waals surface area contributed by atoms with Crippen LogP contribution in [0, 0.1) is 0 Å². The van der Waals surface area contributed by atoms with Crippen molar-refractivity contribution < 1.29 is 19.4 Å². The highest BCUT2D eigenvalue weighted by molar-refractivity contribution is 6.02. The number of hydrogen-bond acceptors (Lipinski definition) is 4. The van der Waals surface area contributed by atoms with Crippen LogP contribution in [0.1, 0.15) is 38.8 Å². The minimum Gasteiger partial charge on any atom is -0.478 e. The number of aromatic carboxylic acids is 1. The second-order valence-electron chi connectivity index (χ2n) is 4.78. The predicted molar refractivity (Wildman–Crippen MR) is 83.0 cm³/mol. The van der Waals surface area contributed by atoms with E-state index >= 15 is 0 Å². The van der Waals surface area contributed by atoms with E-state index in [-0.39, 0.29) is 17.7 Å². The Morgan fingerprint density at radius 1 is 1.14 bits per heavy atom. The summed E-state index contributed by atoms with van der Waals surface area (Å²) in [4.78, 5) is 23.2. The normalized spacial score (nSPS) is 10.2. The van der Waals surface area contributed by atoms with E-state index in [2.05, 4.69) is 0 Å². The third kappa shape index (κ3) is 3.44. The molecule has 22 heavy (non-hydrogen) atoms. The molecule has 5 heteroatoms. The Balaban J connectivity index is 2.35. The second kappa shape index (κ2) is 6.76. The minimum atomic E-state index is -1.16. The molecule has 5 nitrogen and oxygen atoms in total. The first-order valence-corrected chi connectivity index (χ1v) is 6.89. The van der Waals surface area contributed by atoms with Gasteiger partial charge in [0, 0.05) is 5.69 Å². The van der Waals surface area contributed by atoms with E-state index < -0.39 is 11.9 Å². The van der Waals surface area contributed by atoms with Crippen molar-refractivity contribution in [3.63, 3.8) is 0 Å². The van der Waals surface area contributed by atoms with Gasteiger partial charge in [0.05, 0.1) is 17.7 Å². The maximum Gasteiger partial charge on any atom is 0.338 e. The average molecular weight is 299 g/mol. The number of benzene rings is 2. The summed E-state index contributed by atoms with van der Waals surface area (Å²) in [7, 11) is 0. The van der Waals surface area contributed by atoms with Crippen LogP contribution in [0.4, 0.5) is 5.69 Å². The van der Waals surface area contributed by atoms with Crippen LogP contribution in [-0.4, -0.2) is 23.7 Å². The number of carboxylic acid groups (broad SMARTS) is 1. The van der Waals surface area contributed by atoms with E-state index in [1.54, 1.807) is 19.1 Å². The molecule has 0 saturated carbocycles. The number of ether oxygens (including phenoxy) is 1. The van der Waals surface area contributed by atoms with Gasteiger partial charge in [-0.15, -0.1) is 0 Å². The summed E-state index contributed by atoms with van der Waals surface area (Å²) < 4.78 is 4.87.